The number of hydrogen-bond acceptors (Lipinski definition) is 2. The number of carbonyl (C=O) groups excluding carboxylic acids is 2. The minimum atomic E-state index is -0.253. The Morgan fingerprint density at radius 2 is 1.58 bits per heavy atom. The highest BCUT2D eigenvalue weighted by molar-refractivity contribution is 5.84. The first-order chi connectivity index (χ1) is 5.34. The summed E-state index contributed by atoms with van der Waals surface area (Å²) >= 11 is 0. The Morgan fingerprint density at radius 3 is 1.92 bits per heavy atom. The van der Waals surface area contributed by atoms with E-state index in [1.54, 1.807) is 6.92 Å². The lowest BCUT2D eigenvalue weighted by Gasteiger charge is -2.15. The van der Waals surface area contributed by atoms with Crippen molar-refractivity contribution in [1.82, 2.24) is 0 Å². The van der Waals surface area contributed by atoms with E-state index >= 15 is 0 Å². The number of carbonyl (C=O) groups is 2. The molecule has 0 saturated heterocycles. The van der Waals surface area contributed by atoms with E-state index in [0.29, 0.717) is 19.3 Å². The number of ketones is 2. The van der Waals surface area contributed by atoms with Crippen molar-refractivity contribution >= 4 is 11.6 Å². The standard InChI is InChI=1S/C10H18O2/c1-8(11)6-5-7-9(12)10(2,3)4/h5-7H2,1-4H3. The van der Waals surface area contributed by atoms with Gasteiger partial charge in [-0.3, -0.25) is 4.79 Å². The molecule has 0 aliphatic carbocycles. The molecule has 0 amide bonds. The van der Waals surface area contributed by atoms with Crippen molar-refractivity contribution in [2.75, 3.05) is 0 Å². The Bertz CT molecular complexity index is 175. The predicted molar refractivity (Wildman–Crippen MR) is 49.0 cm³/mol. The highest BCUT2D eigenvalue weighted by Crippen LogP contribution is 2.18. The molecule has 0 aromatic carbocycles. The largest absolute Gasteiger partial charge is 0.300 e. The fourth-order valence-corrected chi connectivity index (χ4v) is 0.873. The third kappa shape index (κ3) is 5.05. The second-order valence-electron chi connectivity index (χ2n) is 4.23. The molecule has 0 saturated carbocycles. The van der Waals surface area contributed by atoms with E-state index < -0.39 is 0 Å². The van der Waals surface area contributed by atoms with Gasteiger partial charge in [0.1, 0.15) is 11.6 Å². The van der Waals surface area contributed by atoms with Gasteiger partial charge in [0.05, 0.1) is 0 Å². The Balaban J connectivity index is 3.66. The lowest BCUT2D eigenvalue weighted by atomic mass is 9.88. The molecule has 0 aromatic heterocycles. The molecule has 0 spiro atoms. The van der Waals surface area contributed by atoms with Crippen LogP contribution in [-0.2, 0) is 9.59 Å². The molecule has 70 valence electrons. The van der Waals surface area contributed by atoms with Crippen LogP contribution in [0.1, 0.15) is 47.0 Å². The highest BCUT2D eigenvalue weighted by atomic mass is 16.1. The molecule has 0 radical (unpaired) electrons. The van der Waals surface area contributed by atoms with Crippen LogP contribution in [0.3, 0.4) is 0 Å². The van der Waals surface area contributed by atoms with E-state index in [0.717, 1.165) is 0 Å². The fourth-order valence-electron chi connectivity index (χ4n) is 0.873. The van der Waals surface area contributed by atoms with E-state index in [1.165, 1.54) is 0 Å². The third-order valence-electron chi connectivity index (χ3n) is 1.77. The highest BCUT2D eigenvalue weighted by Gasteiger charge is 2.20. The topological polar surface area (TPSA) is 34.1 Å². The minimum Gasteiger partial charge on any atom is -0.300 e. The van der Waals surface area contributed by atoms with Gasteiger partial charge in [0.15, 0.2) is 0 Å². The first-order valence-corrected chi connectivity index (χ1v) is 4.37. The molecule has 0 rings (SSSR count). The van der Waals surface area contributed by atoms with Gasteiger partial charge in [0.25, 0.3) is 0 Å². The van der Waals surface area contributed by atoms with E-state index in [4.69, 9.17) is 0 Å². The maximum absolute atomic E-state index is 11.3. The average molecular weight is 170 g/mol. The zero-order valence-electron chi connectivity index (χ0n) is 8.44. The van der Waals surface area contributed by atoms with Crippen LogP contribution in [0.15, 0.2) is 0 Å². The fraction of sp³-hybridized carbons (Fsp3) is 0.800. The molecule has 0 aromatic rings. The molecule has 2 heteroatoms. The first-order valence-electron chi connectivity index (χ1n) is 4.37. The van der Waals surface area contributed by atoms with E-state index in [9.17, 15) is 9.59 Å². The average Bonchev–Trinajstić information content (AvgIpc) is 1.84. The summed E-state index contributed by atoms with van der Waals surface area (Å²) in [6.45, 7) is 7.27. The van der Waals surface area contributed by atoms with Gasteiger partial charge >= 0.3 is 0 Å². The Hall–Kier alpha value is -0.660. The molecule has 0 atom stereocenters. The van der Waals surface area contributed by atoms with Crippen LogP contribution in [0.4, 0.5) is 0 Å². The van der Waals surface area contributed by atoms with Gasteiger partial charge in [-0.05, 0) is 13.3 Å². The monoisotopic (exact) mass is 170 g/mol. The van der Waals surface area contributed by atoms with Gasteiger partial charge in [-0.25, -0.2) is 0 Å². The van der Waals surface area contributed by atoms with Crippen molar-refractivity contribution in [2.24, 2.45) is 5.41 Å². The minimum absolute atomic E-state index is 0.164. The van der Waals surface area contributed by atoms with Crippen LogP contribution in [0, 0.1) is 5.41 Å². The predicted octanol–water partition coefficient (Wildman–Crippen LogP) is 2.36. The summed E-state index contributed by atoms with van der Waals surface area (Å²) in [7, 11) is 0. The summed E-state index contributed by atoms with van der Waals surface area (Å²) in [5.41, 5.74) is -0.253. The van der Waals surface area contributed by atoms with Crippen LogP contribution in [-0.4, -0.2) is 11.6 Å². The molecule has 0 aliphatic heterocycles. The number of Topliss-reactive ketones (excluding diaryl/α,β-unsaturated/α-hetero) is 2. The van der Waals surface area contributed by atoms with E-state index in [1.807, 2.05) is 20.8 Å². The van der Waals surface area contributed by atoms with Gasteiger partial charge in [-0.2, -0.15) is 0 Å². The second kappa shape index (κ2) is 4.39. The molecule has 0 heterocycles. The van der Waals surface area contributed by atoms with Crippen molar-refractivity contribution in [1.29, 1.82) is 0 Å². The quantitative estimate of drug-likeness (QED) is 0.649. The van der Waals surface area contributed by atoms with Gasteiger partial charge in [0.2, 0.25) is 0 Å². The summed E-state index contributed by atoms with van der Waals surface area (Å²) in [5.74, 6) is 0.403. The summed E-state index contributed by atoms with van der Waals surface area (Å²) in [6, 6.07) is 0. The zero-order chi connectivity index (χ0) is 9.78. The van der Waals surface area contributed by atoms with Gasteiger partial charge in [-0.1, -0.05) is 20.8 Å². The molecule has 0 aliphatic rings. The summed E-state index contributed by atoms with van der Waals surface area (Å²) in [5, 5.41) is 0. The lowest BCUT2D eigenvalue weighted by Crippen LogP contribution is -2.19. The smallest absolute Gasteiger partial charge is 0.138 e. The van der Waals surface area contributed by atoms with E-state index in [-0.39, 0.29) is 17.0 Å². The summed E-state index contributed by atoms with van der Waals surface area (Å²) in [6.07, 6.45) is 1.76. The second-order valence-corrected chi connectivity index (χ2v) is 4.23. The van der Waals surface area contributed by atoms with E-state index in [2.05, 4.69) is 0 Å². The van der Waals surface area contributed by atoms with Crippen molar-refractivity contribution in [2.45, 2.75) is 47.0 Å². The number of rotatable bonds is 4. The lowest BCUT2D eigenvalue weighted by molar-refractivity contribution is -0.126. The first kappa shape index (κ1) is 11.3. The Labute approximate surface area is 74.3 Å². The Kier molecular flexibility index (Phi) is 4.15. The summed E-state index contributed by atoms with van der Waals surface area (Å²) < 4.78 is 0. The molecule has 2 nitrogen and oxygen atoms in total. The number of hydrogen-bond donors (Lipinski definition) is 0. The van der Waals surface area contributed by atoms with Crippen LogP contribution in [0.2, 0.25) is 0 Å². The zero-order valence-corrected chi connectivity index (χ0v) is 8.44. The molecule has 0 bridgehead atoms. The van der Waals surface area contributed by atoms with Crippen LogP contribution >= 0.6 is 0 Å². The molecule has 0 unspecified atom stereocenters. The molecular formula is C10H18O2. The van der Waals surface area contributed by atoms with Crippen LogP contribution < -0.4 is 0 Å². The SMILES string of the molecule is CC(=O)CCCC(=O)C(C)(C)C. The van der Waals surface area contributed by atoms with Crippen molar-refractivity contribution in [3.63, 3.8) is 0 Å². The van der Waals surface area contributed by atoms with Crippen LogP contribution in [0.5, 0.6) is 0 Å². The van der Waals surface area contributed by atoms with Crippen molar-refractivity contribution in [3.05, 3.63) is 0 Å². The Morgan fingerprint density at radius 1 is 1.08 bits per heavy atom. The molecule has 0 fully saturated rings. The maximum atomic E-state index is 11.3. The third-order valence-corrected chi connectivity index (χ3v) is 1.77. The normalized spacial score (nSPS) is 11.3. The van der Waals surface area contributed by atoms with Gasteiger partial charge in [-0.15, -0.1) is 0 Å². The molecular weight excluding hydrogens is 152 g/mol. The summed E-state index contributed by atoms with van der Waals surface area (Å²) in [4.78, 5) is 21.9. The molecule has 12 heavy (non-hydrogen) atoms. The van der Waals surface area contributed by atoms with Crippen LogP contribution in [0.25, 0.3) is 0 Å². The maximum Gasteiger partial charge on any atom is 0.138 e. The molecule has 0 N–H and O–H groups in total. The van der Waals surface area contributed by atoms with Gasteiger partial charge < -0.3 is 4.79 Å². The van der Waals surface area contributed by atoms with Gasteiger partial charge in [0, 0.05) is 18.3 Å². The van der Waals surface area contributed by atoms with Crippen molar-refractivity contribution in [3.8, 4) is 0 Å². The van der Waals surface area contributed by atoms with Crippen molar-refractivity contribution < 1.29 is 9.59 Å².